The summed E-state index contributed by atoms with van der Waals surface area (Å²) < 4.78 is 0. The largest absolute Gasteiger partial charge is 0.299 e. The number of fused-ring (bicyclic) bond motifs is 2. The topological polar surface area (TPSA) is 41.8 Å². The third-order valence-corrected chi connectivity index (χ3v) is 4.70. The quantitative estimate of drug-likeness (QED) is 0.738. The lowest BCUT2D eigenvalue weighted by molar-refractivity contribution is -0.122. The molecule has 0 aromatic heterocycles. The molecule has 0 bridgehead atoms. The fourth-order valence-electron chi connectivity index (χ4n) is 3.67. The van der Waals surface area contributed by atoms with E-state index in [2.05, 4.69) is 13.8 Å². The van der Waals surface area contributed by atoms with Crippen molar-refractivity contribution < 1.29 is 4.79 Å². The Morgan fingerprint density at radius 2 is 1.50 bits per heavy atom. The summed E-state index contributed by atoms with van der Waals surface area (Å²) in [6, 6.07) is 17.9. The first-order valence-electron chi connectivity index (χ1n) is 8.37. The molecular formula is C21H20N2O. The third-order valence-electron chi connectivity index (χ3n) is 4.70. The predicted octanol–water partition coefficient (Wildman–Crippen LogP) is 4.90. The van der Waals surface area contributed by atoms with Crippen molar-refractivity contribution in [1.29, 1.82) is 0 Å². The van der Waals surface area contributed by atoms with Crippen LogP contribution in [0.25, 0.3) is 0 Å². The predicted molar refractivity (Wildman–Crippen MR) is 97.7 cm³/mol. The highest BCUT2D eigenvalue weighted by Gasteiger charge is 2.41. The Balaban J connectivity index is 1.94. The van der Waals surface area contributed by atoms with Crippen LogP contribution in [0, 0.1) is 11.3 Å². The van der Waals surface area contributed by atoms with Crippen LogP contribution in [0.3, 0.4) is 0 Å². The fourth-order valence-corrected chi connectivity index (χ4v) is 3.67. The highest BCUT2D eigenvalue weighted by atomic mass is 16.1. The van der Waals surface area contributed by atoms with E-state index in [0.717, 1.165) is 34.8 Å². The molecule has 2 aliphatic rings. The second-order valence-electron chi connectivity index (χ2n) is 7.37. The number of benzene rings is 2. The van der Waals surface area contributed by atoms with Gasteiger partial charge in [0.15, 0.2) is 0 Å². The first kappa shape index (κ1) is 15.0. The molecule has 1 aliphatic heterocycles. The van der Waals surface area contributed by atoms with Crippen molar-refractivity contribution in [3.63, 3.8) is 0 Å². The zero-order chi connectivity index (χ0) is 16.7. The number of ketones is 1. The van der Waals surface area contributed by atoms with Crippen LogP contribution in [0.4, 0.5) is 11.4 Å². The van der Waals surface area contributed by atoms with Gasteiger partial charge in [-0.15, -0.1) is 0 Å². The van der Waals surface area contributed by atoms with Crippen LogP contribution in [0.15, 0.2) is 64.6 Å². The summed E-state index contributed by atoms with van der Waals surface area (Å²) in [7, 11) is 0. The van der Waals surface area contributed by atoms with Crippen LogP contribution < -0.4 is 0 Å². The summed E-state index contributed by atoms with van der Waals surface area (Å²) in [5.74, 6) is -0.103. The van der Waals surface area contributed by atoms with E-state index in [1.165, 1.54) is 0 Å². The maximum absolute atomic E-state index is 13.0. The lowest BCUT2D eigenvalue weighted by atomic mass is 9.69. The number of carbonyl (C=O) groups excluding carboxylic acids is 1. The van der Waals surface area contributed by atoms with Gasteiger partial charge < -0.3 is 0 Å². The second-order valence-corrected chi connectivity index (χ2v) is 7.37. The molecule has 3 nitrogen and oxygen atoms in total. The van der Waals surface area contributed by atoms with E-state index in [9.17, 15) is 4.79 Å². The first-order valence-corrected chi connectivity index (χ1v) is 8.37. The van der Waals surface area contributed by atoms with Gasteiger partial charge in [-0.05, 0) is 29.5 Å². The molecule has 2 aromatic carbocycles. The first-order chi connectivity index (χ1) is 11.5. The van der Waals surface area contributed by atoms with Crippen molar-refractivity contribution in [1.82, 2.24) is 0 Å². The van der Waals surface area contributed by atoms with Crippen molar-refractivity contribution in [3.05, 3.63) is 60.2 Å². The van der Waals surface area contributed by atoms with Gasteiger partial charge in [-0.3, -0.25) is 9.79 Å². The SMILES string of the molecule is CC1(C)CC(=O)C2C(=Nc3ccccc3N=C2c2ccccc2)C1. The molecule has 0 radical (unpaired) electrons. The zero-order valence-electron chi connectivity index (χ0n) is 14.0. The minimum atomic E-state index is -0.326. The van der Waals surface area contributed by atoms with Crippen molar-refractivity contribution in [2.75, 3.05) is 0 Å². The van der Waals surface area contributed by atoms with E-state index in [0.29, 0.717) is 6.42 Å². The van der Waals surface area contributed by atoms with E-state index in [1.54, 1.807) is 0 Å². The van der Waals surface area contributed by atoms with Crippen molar-refractivity contribution in [2.24, 2.45) is 21.3 Å². The molecule has 2 aromatic rings. The minimum Gasteiger partial charge on any atom is -0.299 e. The van der Waals surface area contributed by atoms with E-state index in [4.69, 9.17) is 9.98 Å². The van der Waals surface area contributed by atoms with Gasteiger partial charge in [0.2, 0.25) is 0 Å². The van der Waals surface area contributed by atoms with Crippen LogP contribution in [-0.4, -0.2) is 17.2 Å². The van der Waals surface area contributed by atoms with Gasteiger partial charge in [0.25, 0.3) is 0 Å². The Hall–Kier alpha value is -2.55. The van der Waals surface area contributed by atoms with E-state index < -0.39 is 0 Å². The van der Waals surface area contributed by atoms with Crippen LogP contribution in [0.1, 0.15) is 32.3 Å². The molecule has 24 heavy (non-hydrogen) atoms. The number of hydrogen-bond donors (Lipinski definition) is 0. The van der Waals surface area contributed by atoms with Crippen LogP contribution in [-0.2, 0) is 4.79 Å². The summed E-state index contributed by atoms with van der Waals surface area (Å²) in [6.07, 6.45) is 1.39. The molecule has 1 heterocycles. The Morgan fingerprint density at radius 3 is 2.21 bits per heavy atom. The van der Waals surface area contributed by atoms with Crippen molar-refractivity contribution in [3.8, 4) is 0 Å². The summed E-state index contributed by atoms with van der Waals surface area (Å²) in [6.45, 7) is 4.28. The van der Waals surface area contributed by atoms with Gasteiger partial charge in [0, 0.05) is 12.1 Å². The highest BCUT2D eigenvalue weighted by molar-refractivity contribution is 6.30. The van der Waals surface area contributed by atoms with E-state index in [1.807, 2.05) is 54.6 Å². The molecule has 120 valence electrons. The second kappa shape index (κ2) is 5.52. The number of Topliss-reactive ketones (excluding diaryl/α,β-unsaturated/α-hetero) is 1. The van der Waals surface area contributed by atoms with Gasteiger partial charge in [-0.1, -0.05) is 56.3 Å². The lowest BCUT2D eigenvalue weighted by Crippen LogP contribution is -2.41. The monoisotopic (exact) mass is 316 g/mol. The molecule has 1 aliphatic carbocycles. The molecule has 0 amide bonds. The average Bonchev–Trinajstić information content (AvgIpc) is 2.70. The summed E-state index contributed by atoms with van der Waals surface area (Å²) >= 11 is 0. The molecule has 1 atom stereocenters. The molecule has 0 saturated heterocycles. The number of nitrogens with zero attached hydrogens (tertiary/aromatic N) is 2. The van der Waals surface area contributed by atoms with Crippen LogP contribution >= 0.6 is 0 Å². The van der Waals surface area contributed by atoms with Gasteiger partial charge in [-0.25, -0.2) is 4.99 Å². The number of rotatable bonds is 1. The number of aliphatic imine (C=N–C) groups is 2. The standard InChI is InChI=1S/C21H20N2O/c1-21(2)12-17-19(18(24)13-21)20(14-8-4-3-5-9-14)23-16-11-7-6-10-15(16)22-17/h3-11,19H,12-13H2,1-2H3. The van der Waals surface area contributed by atoms with Gasteiger partial charge in [0.05, 0.1) is 23.0 Å². The third kappa shape index (κ3) is 2.60. The van der Waals surface area contributed by atoms with Crippen LogP contribution in [0.5, 0.6) is 0 Å². The molecule has 0 N–H and O–H groups in total. The Morgan fingerprint density at radius 1 is 0.875 bits per heavy atom. The van der Waals surface area contributed by atoms with E-state index in [-0.39, 0.29) is 17.1 Å². The zero-order valence-corrected chi connectivity index (χ0v) is 14.0. The smallest absolute Gasteiger partial charge is 0.148 e. The van der Waals surface area contributed by atoms with Crippen LogP contribution in [0.2, 0.25) is 0 Å². The van der Waals surface area contributed by atoms with E-state index >= 15 is 0 Å². The molecule has 4 rings (SSSR count). The fraction of sp³-hybridized carbons (Fsp3) is 0.286. The minimum absolute atomic E-state index is 0.0481. The summed E-state index contributed by atoms with van der Waals surface area (Å²) in [4.78, 5) is 22.7. The van der Waals surface area contributed by atoms with Crippen molar-refractivity contribution >= 4 is 28.6 Å². The molecule has 1 fully saturated rings. The maximum atomic E-state index is 13.0. The van der Waals surface area contributed by atoms with Crippen molar-refractivity contribution in [2.45, 2.75) is 26.7 Å². The van der Waals surface area contributed by atoms with Gasteiger partial charge in [-0.2, -0.15) is 0 Å². The summed E-state index contributed by atoms with van der Waals surface area (Å²) in [5.41, 5.74) is 4.43. The Kier molecular flexibility index (Phi) is 3.45. The lowest BCUT2D eigenvalue weighted by Gasteiger charge is -2.34. The molecule has 0 spiro atoms. The number of hydrogen-bond acceptors (Lipinski definition) is 3. The molecule has 1 unspecified atom stereocenters. The Labute approximate surface area is 142 Å². The molecular weight excluding hydrogens is 296 g/mol. The van der Waals surface area contributed by atoms with Gasteiger partial charge in [0.1, 0.15) is 5.78 Å². The molecule has 3 heteroatoms. The Bertz CT molecular complexity index is 862. The van der Waals surface area contributed by atoms with Gasteiger partial charge >= 0.3 is 0 Å². The highest BCUT2D eigenvalue weighted by Crippen LogP contribution is 2.41. The normalized spacial score (nSPS) is 21.9. The number of para-hydroxylation sites is 2. The average molecular weight is 316 g/mol. The summed E-state index contributed by atoms with van der Waals surface area (Å²) in [5, 5.41) is 0. The number of carbonyl (C=O) groups is 1. The molecule has 1 saturated carbocycles. The maximum Gasteiger partial charge on any atom is 0.148 e.